The van der Waals surface area contributed by atoms with Gasteiger partial charge >= 0.3 is 6.18 Å². The normalized spacial score (nSPS) is 11.2. The van der Waals surface area contributed by atoms with Crippen molar-refractivity contribution in [1.29, 1.82) is 0 Å². The minimum atomic E-state index is -4.49. The summed E-state index contributed by atoms with van der Waals surface area (Å²) in [6.45, 7) is 1.69. The van der Waals surface area contributed by atoms with E-state index in [2.05, 4.69) is 10.4 Å². The number of aryl methyl sites for hydroxylation is 2. The van der Waals surface area contributed by atoms with E-state index >= 15 is 0 Å². The Bertz CT molecular complexity index is 1140. The number of nitrogens with zero attached hydrogens (tertiary/aromatic N) is 2. The van der Waals surface area contributed by atoms with Crippen LogP contribution in [0.15, 0.2) is 42.5 Å². The fraction of sp³-hybridized carbons (Fsp3) is 0.304. The van der Waals surface area contributed by atoms with E-state index < -0.39 is 11.7 Å². The van der Waals surface area contributed by atoms with E-state index in [0.717, 1.165) is 17.7 Å². The monoisotopic (exact) mass is 463 g/mol. The number of aromatic nitrogens is 2. The lowest BCUT2D eigenvalue weighted by molar-refractivity contribution is -0.137. The van der Waals surface area contributed by atoms with Crippen LogP contribution in [0.2, 0.25) is 0 Å². The molecule has 0 aliphatic heterocycles. The summed E-state index contributed by atoms with van der Waals surface area (Å²) in [5, 5.41) is 6.96. The molecule has 7 nitrogen and oxygen atoms in total. The van der Waals surface area contributed by atoms with Gasteiger partial charge in [-0.2, -0.15) is 18.3 Å². The Morgan fingerprint density at radius 1 is 1.03 bits per heavy atom. The standard InChI is InChI=1S/C23H24F3N3O4/c1-14-12-19(29(28-14)17-7-5-6-16(13-17)23(24,25)26)27-20(30)11-9-15-8-10-18(31-2)22(33-4)21(15)32-3/h5-8,10,12-13H,9,11H2,1-4H3,(H,27,30). The highest BCUT2D eigenvalue weighted by molar-refractivity contribution is 5.90. The smallest absolute Gasteiger partial charge is 0.416 e. The second-order valence-corrected chi connectivity index (χ2v) is 7.17. The number of benzene rings is 2. The van der Waals surface area contributed by atoms with Crippen molar-refractivity contribution in [3.63, 3.8) is 0 Å². The number of methoxy groups -OCH3 is 3. The molecule has 2 aromatic carbocycles. The zero-order valence-electron chi connectivity index (χ0n) is 18.6. The Morgan fingerprint density at radius 2 is 1.76 bits per heavy atom. The molecule has 1 aromatic heterocycles. The zero-order valence-corrected chi connectivity index (χ0v) is 18.6. The molecular formula is C23H24F3N3O4. The van der Waals surface area contributed by atoms with Gasteiger partial charge in [-0.3, -0.25) is 4.79 Å². The average Bonchev–Trinajstić information content (AvgIpc) is 3.16. The molecular weight excluding hydrogens is 439 g/mol. The van der Waals surface area contributed by atoms with Crippen LogP contribution in [0.5, 0.6) is 17.2 Å². The first-order chi connectivity index (χ1) is 15.7. The van der Waals surface area contributed by atoms with Crippen LogP contribution >= 0.6 is 0 Å². The van der Waals surface area contributed by atoms with Gasteiger partial charge < -0.3 is 19.5 Å². The number of hydrogen-bond acceptors (Lipinski definition) is 5. The lowest BCUT2D eigenvalue weighted by Gasteiger charge is -2.16. The van der Waals surface area contributed by atoms with Gasteiger partial charge in [0.15, 0.2) is 11.5 Å². The van der Waals surface area contributed by atoms with Crippen molar-refractivity contribution >= 4 is 11.7 Å². The van der Waals surface area contributed by atoms with E-state index in [1.165, 1.54) is 38.1 Å². The van der Waals surface area contributed by atoms with E-state index in [1.54, 1.807) is 25.1 Å². The number of anilines is 1. The molecule has 3 aromatic rings. The van der Waals surface area contributed by atoms with Gasteiger partial charge in [0.05, 0.1) is 38.3 Å². The number of halogens is 3. The molecule has 1 amide bonds. The first-order valence-corrected chi connectivity index (χ1v) is 10.00. The van der Waals surface area contributed by atoms with Crippen LogP contribution < -0.4 is 19.5 Å². The maximum atomic E-state index is 13.1. The van der Waals surface area contributed by atoms with Gasteiger partial charge in [0.2, 0.25) is 11.7 Å². The Labute approximate surface area is 189 Å². The van der Waals surface area contributed by atoms with Crippen molar-refractivity contribution in [2.24, 2.45) is 0 Å². The number of rotatable bonds is 8. The molecule has 3 rings (SSSR count). The van der Waals surface area contributed by atoms with E-state index in [9.17, 15) is 18.0 Å². The van der Waals surface area contributed by atoms with Crippen LogP contribution in [-0.4, -0.2) is 37.0 Å². The number of ether oxygens (including phenoxy) is 3. The highest BCUT2D eigenvalue weighted by Gasteiger charge is 2.30. The number of carbonyl (C=O) groups excluding carboxylic acids is 1. The first-order valence-electron chi connectivity index (χ1n) is 10.00. The predicted molar refractivity (Wildman–Crippen MR) is 116 cm³/mol. The summed E-state index contributed by atoms with van der Waals surface area (Å²) in [6, 6.07) is 9.85. The van der Waals surface area contributed by atoms with Gasteiger partial charge in [0, 0.05) is 12.5 Å². The Hall–Kier alpha value is -3.69. The maximum Gasteiger partial charge on any atom is 0.416 e. The summed E-state index contributed by atoms with van der Waals surface area (Å²) in [6.07, 6.45) is -4.05. The molecule has 0 aliphatic carbocycles. The highest BCUT2D eigenvalue weighted by atomic mass is 19.4. The SMILES string of the molecule is COc1ccc(CCC(=O)Nc2cc(C)nn2-c2cccc(C(F)(F)F)c2)c(OC)c1OC. The van der Waals surface area contributed by atoms with Gasteiger partial charge in [-0.15, -0.1) is 0 Å². The fourth-order valence-corrected chi connectivity index (χ4v) is 3.41. The summed E-state index contributed by atoms with van der Waals surface area (Å²) in [4.78, 5) is 12.7. The van der Waals surface area contributed by atoms with Gasteiger partial charge in [0.25, 0.3) is 0 Å². The third-order valence-corrected chi connectivity index (χ3v) is 4.92. The molecule has 0 atom stereocenters. The van der Waals surface area contributed by atoms with Gasteiger partial charge in [-0.05, 0) is 43.2 Å². The molecule has 0 unspecified atom stereocenters. The van der Waals surface area contributed by atoms with E-state index in [1.807, 2.05) is 0 Å². The van der Waals surface area contributed by atoms with Crippen molar-refractivity contribution in [1.82, 2.24) is 9.78 Å². The Balaban J connectivity index is 1.78. The summed E-state index contributed by atoms with van der Waals surface area (Å²) < 4.78 is 56.6. The first kappa shape index (κ1) is 24.0. The topological polar surface area (TPSA) is 74.6 Å². The van der Waals surface area contributed by atoms with Crippen molar-refractivity contribution in [3.8, 4) is 22.9 Å². The molecule has 10 heteroatoms. The van der Waals surface area contributed by atoms with Crippen molar-refractivity contribution in [2.45, 2.75) is 25.9 Å². The van der Waals surface area contributed by atoms with Crippen molar-refractivity contribution < 1.29 is 32.2 Å². The molecule has 0 radical (unpaired) electrons. The second-order valence-electron chi connectivity index (χ2n) is 7.17. The number of hydrogen-bond donors (Lipinski definition) is 1. The highest BCUT2D eigenvalue weighted by Crippen LogP contribution is 2.40. The summed E-state index contributed by atoms with van der Waals surface area (Å²) in [5.41, 5.74) is 0.679. The lowest BCUT2D eigenvalue weighted by Crippen LogP contribution is -2.16. The van der Waals surface area contributed by atoms with Crippen LogP contribution in [-0.2, 0) is 17.4 Å². The number of nitrogens with one attached hydrogen (secondary N) is 1. The molecule has 1 N–H and O–H groups in total. The van der Waals surface area contributed by atoms with Gasteiger partial charge in [0.1, 0.15) is 5.82 Å². The molecule has 0 fully saturated rings. The van der Waals surface area contributed by atoms with E-state index in [0.29, 0.717) is 29.4 Å². The van der Waals surface area contributed by atoms with E-state index in [-0.39, 0.29) is 23.8 Å². The fourth-order valence-electron chi connectivity index (χ4n) is 3.41. The third-order valence-electron chi connectivity index (χ3n) is 4.92. The molecule has 1 heterocycles. The van der Waals surface area contributed by atoms with Crippen LogP contribution in [0.25, 0.3) is 5.69 Å². The van der Waals surface area contributed by atoms with Crippen LogP contribution in [0, 0.1) is 6.92 Å². The second kappa shape index (κ2) is 9.85. The summed E-state index contributed by atoms with van der Waals surface area (Å²) >= 11 is 0. The predicted octanol–water partition coefficient (Wildman–Crippen LogP) is 4.80. The van der Waals surface area contributed by atoms with Gasteiger partial charge in [-0.1, -0.05) is 12.1 Å². The molecule has 33 heavy (non-hydrogen) atoms. The van der Waals surface area contributed by atoms with Crippen LogP contribution in [0.1, 0.15) is 23.2 Å². The minimum Gasteiger partial charge on any atom is -0.493 e. The molecule has 0 saturated carbocycles. The van der Waals surface area contributed by atoms with Crippen molar-refractivity contribution in [3.05, 3.63) is 59.3 Å². The Kier molecular flexibility index (Phi) is 7.15. The maximum absolute atomic E-state index is 13.1. The van der Waals surface area contributed by atoms with Crippen LogP contribution in [0.4, 0.5) is 19.0 Å². The zero-order chi connectivity index (χ0) is 24.2. The van der Waals surface area contributed by atoms with Crippen LogP contribution in [0.3, 0.4) is 0 Å². The van der Waals surface area contributed by atoms with E-state index in [4.69, 9.17) is 14.2 Å². The average molecular weight is 463 g/mol. The minimum absolute atomic E-state index is 0.0959. The lowest BCUT2D eigenvalue weighted by atomic mass is 10.1. The molecule has 0 aliphatic rings. The molecule has 0 saturated heterocycles. The largest absolute Gasteiger partial charge is 0.493 e. The number of amides is 1. The molecule has 176 valence electrons. The molecule has 0 bridgehead atoms. The Morgan fingerprint density at radius 3 is 2.39 bits per heavy atom. The number of carbonyl (C=O) groups is 1. The summed E-state index contributed by atoms with van der Waals surface area (Å²) in [7, 11) is 4.51. The molecule has 0 spiro atoms. The number of alkyl halides is 3. The quantitative estimate of drug-likeness (QED) is 0.520. The van der Waals surface area contributed by atoms with Gasteiger partial charge in [-0.25, -0.2) is 4.68 Å². The third kappa shape index (κ3) is 5.39. The van der Waals surface area contributed by atoms with Crippen molar-refractivity contribution in [2.75, 3.05) is 26.6 Å². The summed E-state index contributed by atoms with van der Waals surface area (Å²) in [5.74, 6) is 1.34.